The number of piperidine rings is 1. The Morgan fingerprint density at radius 1 is 1.00 bits per heavy atom. The second kappa shape index (κ2) is 4.51. The van der Waals surface area contributed by atoms with E-state index in [0.717, 1.165) is 9.34 Å². The maximum atomic E-state index is 2.63. The molecule has 1 aliphatic carbocycles. The van der Waals surface area contributed by atoms with Crippen molar-refractivity contribution < 1.29 is 0 Å². The Balaban J connectivity index is 1.90. The lowest BCUT2D eigenvalue weighted by Crippen LogP contribution is -2.38. The van der Waals surface area contributed by atoms with Gasteiger partial charge in [0.15, 0.2) is 0 Å². The molecule has 0 atom stereocenters. The van der Waals surface area contributed by atoms with E-state index in [1.54, 1.807) is 0 Å². The monoisotopic (exact) mass is 405 g/mol. The molecule has 2 rings (SSSR count). The largest absolute Gasteiger partial charge is 0.248 e. The lowest BCUT2D eigenvalue weighted by molar-refractivity contribution is 0.116. The maximum Gasteiger partial charge on any atom is 0.0201 e. The highest BCUT2D eigenvalue weighted by atomic mass is 127. The molecule has 2 fully saturated rings. The van der Waals surface area contributed by atoms with Crippen molar-refractivity contribution >= 4 is 45.5 Å². The zero-order valence-electron chi connectivity index (χ0n) is 7.94. The van der Waals surface area contributed by atoms with Crippen molar-refractivity contribution in [1.29, 1.82) is 0 Å². The van der Waals surface area contributed by atoms with E-state index in [1.165, 1.54) is 51.6 Å². The van der Waals surface area contributed by atoms with Crippen molar-refractivity contribution in [3.05, 3.63) is 0 Å². The predicted octanol–water partition coefficient (Wildman–Crippen LogP) is 3.80. The van der Waals surface area contributed by atoms with Crippen LogP contribution in [-0.2, 0) is 0 Å². The number of rotatable bonds is 0. The Morgan fingerprint density at radius 2 is 1.54 bits per heavy atom. The molecule has 0 bridgehead atoms. The van der Waals surface area contributed by atoms with Crippen LogP contribution in [0.25, 0.3) is 0 Å². The van der Waals surface area contributed by atoms with E-state index in [2.05, 4.69) is 48.6 Å². The van der Waals surface area contributed by atoms with Gasteiger partial charge in [-0.1, -0.05) is 22.6 Å². The fourth-order valence-corrected chi connectivity index (χ4v) is 3.75. The first-order valence-electron chi connectivity index (χ1n) is 5.25. The third-order valence-corrected chi connectivity index (χ3v) is 5.96. The molecule has 76 valence electrons. The molecule has 13 heavy (non-hydrogen) atoms. The van der Waals surface area contributed by atoms with Crippen LogP contribution in [0, 0.1) is 5.41 Å². The normalized spacial score (nSPS) is 30.9. The molecule has 0 N–H and O–H groups in total. The van der Waals surface area contributed by atoms with E-state index in [9.17, 15) is 0 Å². The van der Waals surface area contributed by atoms with Crippen LogP contribution in [0.4, 0.5) is 0 Å². The molecule has 2 aliphatic rings. The standard InChI is InChI=1S/C10H17I2N/c11-9-1-3-10(4-2-9)5-7-13(12)8-6-10/h9H,1-8H2. The van der Waals surface area contributed by atoms with Crippen LogP contribution in [0.15, 0.2) is 0 Å². The molecule has 0 amide bonds. The van der Waals surface area contributed by atoms with Crippen molar-refractivity contribution in [2.24, 2.45) is 5.41 Å². The molecule has 0 aromatic carbocycles. The molecule has 1 nitrogen and oxygen atoms in total. The average Bonchev–Trinajstić information content (AvgIpc) is 2.16. The summed E-state index contributed by atoms with van der Waals surface area (Å²) in [5.41, 5.74) is 0.767. The van der Waals surface area contributed by atoms with Gasteiger partial charge in [0.1, 0.15) is 0 Å². The number of halogens is 2. The van der Waals surface area contributed by atoms with Gasteiger partial charge in [-0.2, -0.15) is 0 Å². The minimum atomic E-state index is 0.767. The molecule has 3 heteroatoms. The van der Waals surface area contributed by atoms with Crippen LogP contribution in [0.3, 0.4) is 0 Å². The molecule has 1 spiro atoms. The van der Waals surface area contributed by atoms with Gasteiger partial charge >= 0.3 is 0 Å². The maximum absolute atomic E-state index is 2.63. The molecule has 0 aromatic heterocycles. The smallest absolute Gasteiger partial charge is 0.0201 e. The number of hydrogen-bond acceptors (Lipinski definition) is 1. The second-order valence-electron chi connectivity index (χ2n) is 4.58. The SMILES string of the molecule is IC1CCC2(CC1)CCN(I)CC2. The third-order valence-electron chi connectivity index (χ3n) is 3.75. The Kier molecular flexibility index (Phi) is 3.79. The summed E-state index contributed by atoms with van der Waals surface area (Å²) >= 11 is 5.10. The summed E-state index contributed by atoms with van der Waals surface area (Å²) in [5.74, 6) is 0. The highest BCUT2D eigenvalue weighted by Gasteiger charge is 2.36. The van der Waals surface area contributed by atoms with E-state index in [4.69, 9.17) is 0 Å². The molecular formula is C10H17I2N. The minimum Gasteiger partial charge on any atom is -0.248 e. The zero-order valence-corrected chi connectivity index (χ0v) is 12.3. The molecule has 0 aromatic rings. The van der Waals surface area contributed by atoms with E-state index in [0.29, 0.717) is 0 Å². The van der Waals surface area contributed by atoms with Gasteiger partial charge in [0.25, 0.3) is 0 Å². The van der Waals surface area contributed by atoms with Crippen LogP contribution < -0.4 is 0 Å². The van der Waals surface area contributed by atoms with Crippen LogP contribution in [0.1, 0.15) is 38.5 Å². The summed E-state index contributed by atoms with van der Waals surface area (Å²) in [6, 6.07) is 0. The Hall–Kier alpha value is 1.42. The van der Waals surface area contributed by atoms with Gasteiger partial charge in [-0.25, -0.2) is 3.11 Å². The fourth-order valence-electron chi connectivity index (χ4n) is 2.65. The first kappa shape index (κ1) is 10.9. The van der Waals surface area contributed by atoms with E-state index >= 15 is 0 Å². The molecule has 0 unspecified atom stereocenters. The summed E-state index contributed by atoms with van der Waals surface area (Å²) in [7, 11) is 0. The van der Waals surface area contributed by atoms with Crippen molar-refractivity contribution in [2.75, 3.05) is 13.1 Å². The summed E-state index contributed by atoms with van der Waals surface area (Å²) in [6.45, 7) is 2.65. The number of hydrogen-bond donors (Lipinski definition) is 0. The number of nitrogens with zero attached hydrogens (tertiary/aromatic N) is 1. The molecule has 1 saturated heterocycles. The van der Waals surface area contributed by atoms with Gasteiger partial charge in [-0.05, 0) is 43.9 Å². The molecule has 1 heterocycles. The van der Waals surface area contributed by atoms with Crippen LogP contribution in [-0.4, -0.2) is 20.1 Å². The predicted molar refractivity (Wildman–Crippen MR) is 73.5 cm³/mol. The van der Waals surface area contributed by atoms with Gasteiger partial charge in [0.2, 0.25) is 0 Å². The van der Waals surface area contributed by atoms with Crippen molar-refractivity contribution in [3.8, 4) is 0 Å². The fraction of sp³-hybridized carbons (Fsp3) is 1.00. The summed E-state index contributed by atoms with van der Waals surface area (Å²) in [4.78, 5) is 0. The van der Waals surface area contributed by atoms with Crippen molar-refractivity contribution in [2.45, 2.75) is 42.4 Å². The second-order valence-corrected chi connectivity index (χ2v) is 7.71. The average molecular weight is 405 g/mol. The van der Waals surface area contributed by atoms with Crippen molar-refractivity contribution in [1.82, 2.24) is 3.11 Å². The van der Waals surface area contributed by atoms with Crippen LogP contribution in [0.2, 0.25) is 0 Å². The number of alkyl halides is 1. The summed E-state index contributed by atoms with van der Waals surface area (Å²) in [6.07, 6.45) is 8.87. The van der Waals surface area contributed by atoms with Crippen LogP contribution >= 0.6 is 45.5 Å². The minimum absolute atomic E-state index is 0.767. The Morgan fingerprint density at radius 3 is 2.08 bits per heavy atom. The van der Waals surface area contributed by atoms with E-state index < -0.39 is 0 Å². The lowest BCUT2D eigenvalue weighted by Gasteiger charge is -2.43. The van der Waals surface area contributed by atoms with E-state index in [1.807, 2.05) is 0 Å². The lowest BCUT2D eigenvalue weighted by atomic mass is 9.68. The Bertz CT molecular complexity index is 144. The molecule has 0 radical (unpaired) electrons. The van der Waals surface area contributed by atoms with Gasteiger partial charge < -0.3 is 0 Å². The Labute approximate surface area is 109 Å². The first-order valence-corrected chi connectivity index (χ1v) is 7.46. The van der Waals surface area contributed by atoms with Gasteiger partial charge in [0, 0.05) is 39.9 Å². The molecular weight excluding hydrogens is 388 g/mol. The molecule has 1 saturated carbocycles. The van der Waals surface area contributed by atoms with E-state index in [-0.39, 0.29) is 0 Å². The van der Waals surface area contributed by atoms with Gasteiger partial charge in [-0.15, -0.1) is 0 Å². The quantitative estimate of drug-likeness (QED) is 0.337. The summed E-state index contributed by atoms with van der Waals surface area (Å²) < 4.78 is 3.43. The third kappa shape index (κ3) is 2.71. The summed E-state index contributed by atoms with van der Waals surface area (Å²) in [5, 5.41) is 0. The topological polar surface area (TPSA) is 3.24 Å². The van der Waals surface area contributed by atoms with Gasteiger partial charge in [-0.3, -0.25) is 0 Å². The first-order chi connectivity index (χ1) is 6.20. The highest BCUT2D eigenvalue weighted by molar-refractivity contribution is 14.1. The van der Waals surface area contributed by atoms with Crippen molar-refractivity contribution in [3.63, 3.8) is 0 Å². The van der Waals surface area contributed by atoms with Gasteiger partial charge in [0.05, 0.1) is 0 Å². The zero-order chi connectivity index (χ0) is 9.31. The molecule has 1 aliphatic heterocycles. The van der Waals surface area contributed by atoms with Crippen LogP contribution in [0.5, 0.6) is 0 Å². The highest BCUT2D eigenvalue weighted by Crippen LogP contribution is 2.46.